The summed E-state index contributed by atoms with van der Waals surface area (Å²) >= 11 is 0. The molecular formula is C20H26ClN3O3. The molecule has 2 aliphatic rings. The second-order valence-electron chi connectivity index (χ2n) is 7.37. The molecule has 3 atom stereocenters. The first kappa shape index (κ1) is 19.9. The van der Waals surface area contributed by atoms with Crippen molar-refractivity contribution in [3.63, 3.8) is 0 Å². The zero-order valence-electron chi connectivity index (χ0n) is 15.2. The van der Waals surface area contributed by atoms with Gasteiger partial charge in [0.05, 0.1) is 12.6 Å². The Morgan fingerprint density at radius 3 is 2.74 bits per heavy atom. The maximum atomic E-state index is 12.7. The van der Waals surface area contributed by atoms with E-state index in [1.807, 2.05) is 23.1 Å². The van der Waals surface area contributed by atoms with E-state index in [1.165, 1.54) is 5.56 Å². The Morgan fingerprint density at radius 1 is 1.26 bits per heavy atom. The lowest BCUT2D eigenvalue weighted by Gasteiger charge is -2.27. The summed E-state index contributed by atoms with van der Waals surface area (Å²) in [5, 5.41) is 9.81. The number of nitrogens with zero attached hydrogens (tertiary/aromatic N) is 2. The van der Waals surface area contributed by atoms with Crippen molar-refractivity contribution in [3.8, 4) is 0 Å². The molecule has 2 heterocycles. The number of aliphatic hydroxyl groups excluding tert-OH is 1. The van der Waals surface area contributed by atoms with E-state index >= 15 is 0 Å². The summed E-state index contributed by atoms with van der Waals surface area (Å²) < 4.78 is 5.91. The molecule has 3 N–H and O–H groups in total. The van der Waals surface area contributed by atoms with Crippen LogP contribution in [0.5, 0.6) is 0 Å². The van der Waals surface area contributed by atoms with Gasteiger partial charge in [-0.15, -0.1) is 12.4 Å². The van der Waals surface area contributed by atoms with E-state index in [-0.39, 0.29) is 30.3 Å². The number of halogens is 1. The van der Waals surface area contributed by atoms with E-state index in [4.69, 9.17) is 10.2 Å². The van der Waals surface area contributed by atoms with Crippen LogP contribution < -0.4 is 5.73 Å². The van der Waals surface area contributed by atoms with Crippen LogP contribution in [0.25, 0.3) is 0 Å². The van der Waals surface area contributed by atoms with Gasteiger partial charge in [-0.05, 0) is 24.8 Å². The highest BCUT2D eigenvalue weighted by atomic mass is 35.5. The number of amides is 1. The van der Waals surface area contributed by atoms with E-state index in [1.54, 1.807) is 0 Å². The number of hydrogen-bond donors (Lipinski definition) is 2. The van der Waals surface area contributed by atoms with E-state index < -0.39 is 6.10 Å². The Kier molecular flexibility index (Phi) is 6.19. The van der Waals surface area contributed by atoms with Crippen LogP contribution in [0.15, 0.2) is 34.7 Å². The van der Waals surface area contributed by atoms with Gasteiger partial charge in [0.25, 0.3) is 0 Å². The number of carbonyl (C=O) groups is 1. The molecule has 2 aromatic rings. The molecule has 0 bridgehead atoms. The highest BCUT2D eigenvalue weighted by Gasteiger charge is 2.38. The lowest BCUT2D eigenvalue weighted by molar-refractivity contribution is -0.136. The maximum absolute atomic E-state index is 12.7. The minimum Gasteiger partial charge on any atom is -0.445 e. The first-order valence-electron chi connectivity index (χ1n) is 9.34. The fourth-order valence-electron chi connectivity index (χ4n) is 3.95. The Hall–Kier alpha value is -1.89. The van der Waals surface area contributed by atoms with Crippen LogP contribution in [-0.2, 0) is 30.6 Å². The summed E-state index contributed by atoms with van der Waals surface area (Å²) in [5.41, 5.74) is 7.98. The van der Waals surface area contributed by atoms with E-state index in [2.05, 4.69) is 17.1 Å². The topological polar surface area (TPSA) is 92.6 Å². The molecule has 27 heavy (non-hydrogen) atoms. The summed E-state index contributed by atoms with van der Waals surface area (Å²) in [5.74, 6) is 1.55. The number of benzene rings is 1. The maximum Gasteiger partial charge on any atom is 0.226 e. The van der Waals surface area contributed by atoms with Crippen molar-refractivity contribution in [2.24, 2.45) is 11.7 Å². The van der Waals surface area contributed by atoms with Gasteiger partial charge in [-0.3, -0.25) is 4.79 Å². The SMILES string of the molecule is Cl.N[C@H]1C[C@H](C(=O)N2CCc3oc(CCc4ccccc4)nc3C2)C[C@@H]1O. The van der Waals surface area contributed by atoms with Crippen molar-refractivity contribution in [2.75, 3.05) is 6.54 Å². The van der Waals surface area contributed by atoms with Gasteiger partial charge in [0.1, 0.15) is 11.5 Å². The van der Waals surface area contributed by atoms with Crippen molar-refractivity contribution < 1.29 is 14.3 Å². The molecule has 1 aliphatic carbocycles. The minimum atomic E-state index is -0.569. The standard InChI is InChI=1S/C20H25N3O3.ClH/c21-15-10-14(11-17(15)24)20(25)23-9-8-18-16(12-23)22-19(26-18)7-6-13-4-2-1-3-5-13;/h1-5,14-15,17,24H,6-12,21H2;1H/t14-,15-,17-;/m0./s1. The number of fused-ring (bicyclic) bond motifs is 1. The van der Waals surface area contributed by atoms with E-state index in [0.29, 0.717) is 32.4 Å². The third kappa shape index (κ3) is 4.34. The Morgan fingerprint density at radius 2 is 2.04 bits per heavy atom. The van der Waals surface area contributed by atoms with Gasteiger partial charge in [-0.2, -0.15) is 0 Å². The Labute approximate surface area is 165 Å². The second-order valence-corrected chi connectivity index (χ2v) is 7.37. The van der Waals surface area contributed by atoms with Gasteiger partial charge in [0, 0.05) is 31.3 Å². The molecule has 0 radical (unpaired) electrons. The number of hydrogen-bond acceptors (Lipinski definition) is 5. The molecule has 6 nitrogen and oxygen atoms in total. The molecule has 1 aliphatic heterocycles. The molecular weight excluding hydrogens is 366 g/mol. The normalized spacial score (nSPS) is 24.4. The third-order valence-electron chi connectivity index (χ3n) is 5.48. The highest BCUT2D eigenvalue weighted by molar-refractivity contribution is 5.85. The van der Waals surface area contributed by atoms with Crippen molar-refractivity contribution in [2.45, 2.75) is 50.8 Å². The van der Waals surface area contributed by atoms with Crippen LogP contribution in [0.2, 0.25) is 0 Å². The molecule has 1 aromatic heterocycles. The lowest BCUT2D eigenvalue weighted by atomic mass is 10.0. The van der Waals surface area contributed by atoms with E-state index in [9.17, 15) is 9.90 Å². The summed E-state index contributed by atoms with van der Waals surface area (Å²) in [7, 11) is 0. The molecule has 146 valence electrons. The zero-order chi connectivity index (χ0) is 18.1. The summed E-state index contributed by atoms with van der Waals surface area (Å²) in [6.07, 6.45) is 2.80. The minimum absolute atomic E-state index is 0. The number of aromatic nitrogens is 1. The van der Waals surface area contributed by atoms with Crippen LogP contribution in [0.3, 0.4) is 0 Å². The second kappa shape index (κ2) is 8.42. The van der Waals surface area contributed by atoms with Crippen LogP contribution in [0.4, 0.5) is 0 Å². The third-order valence-corrected chi connectivity index (χ3v) is 5.48. The van der Waals surface area contributed by atoms with Crippen LogP contribution in [0, 0.1) is 5.92 Å². The molecule has 0 saturated heterocycles. The average Bonchev–Trinajstić information content (AvgIpc) is 3.22. The molecule has 1 saturated carbocycles. The van der Waals surface area contributed by atoms with Crippen LogP contribution in [-0.4, -0.2) is 39.6 Å². The Bertz CT molecular complexity index is 770. The van der Waals surface area contributed by atoms with Gasteiger partial charge in [0.15, 0.2) is 5.89 Å². The van der Waals surface area contributed by atoms with Crippen molar-refractivity contribution in [1.29, 1.82) is 0 Å². The van der Waals surface area contributed by atoms with Crippen molar-refractivity contribution >= 4 is 18.3 Å². The fourth-order valence-corrected chi connectivity index (χ4v) is 3.95. The largest absolute Gasteiger partial charge is 0.445 e. The van der Waals surface area contributed by atoms with Crippen LogP contribution >= 0.6 is 12.4 Å². The summed E-state index contributed by atoms with van der Waals surface area (Å²) in [4.78, 5) is 19.2. The fraction of sp³-hybridized carbons (Fsp3) is 0.500. The Balaban J connectivity index is 0.00000210. The van der Waals surface area contributed by atoms with Crippen molar-refractivity contribution in [1.82, 2.24) is 9.88 Å². The smallest absolute Gasteiger partial charge is 0.226 e. The van der Waals surface area contributed by atoms with Crippen molar-refractivity contribution in [3.05, 3.63) is 53.2 Å². The van der Waals surface area contributed by atoms with Crippen LogP contribution in [0.1, 0.15) is 35.7 Å². The van der Waals surface area contributed by atoms with Gasteiger partial charge in [0.2, 0.25) is 5.91 Å². The lowest BCUT2D eigenvalue weighted by Crippen LogP contribution is -2.39. The number of nitrogens with two attached hydrogens (primary N) is 1. The first-order chi connectivity index (χ1) is 12.6. The van der Waals surface area contributed by atoms with Gasteiger partial charge < -0.3 is 20.2 Å². The molecule has 1 fully saturated rings. The molecule has 0 spiro atoms. The molecule has 7 heteroatoms. The number of rotatable bonds is 4. The summed E-state index contributed by atoms with van der Waals surface area (Å²) in [6, 6.07) is 9.99. The molecule has 0 unspecified atom stereocenters. The number of aliphatic hydroxyl groups is 1. The number of oxazole rings is 1. The first-order valence-corrected chi connectivity index (χ1v) is 9.34. The number of carbonyl (C=O) groups excluding carboxylic acids is 1. The van der Waals surface area contributed by atoms with Gasteiger partial charge >= 0.3 is 0 Å². The predicted octanol–water partition coefficient (Wildman–Crippen LogP) is 1.86. The average molecular weight is 392 g/mol. The zero-order valence-corrected chi connectivity index (χ0v) is 16.0. The summed E-state index contributed by atoms with van der Waals surface area (Å²) in [6.45, 7) is 1.13. The van der Waals surface area contributed by atoms with E-state index in [0.717, 1.165) is 30.2 Å². The molecule has 4 rings (SSSR count). The number of aryl methyl sites for hydroxylation is 2. The van der Waals surface area contributed by atoms with Gasteiger partial charge in [-0.1, -0.05) is 30.3 Å². The molecule has 1 aromatic carbocycles. The quantitative estimate of drug-likeness (QED) is 0.829. The predicted molar refractivity (Wildman–Crippen MR) is 103 cm³/mol. The molecule has 1 amide bonds. The highest BCUT2D eigenvalue weighted by Crippen LogP contribution is 2.29. The van der Waals surface area contributed by atoms with Gasteiger partial charge in [-0.25, -0.2) is 4.98 Å². The monoisotopic (exact) mass is 391 g/mol.